The summed E-state index contributed by atoms with van der Waals surface area (Å²) in [6, 6.07) is 0. The van der Waals surface area contributed by atoms with Gasteiger partial charge in [-0.15, -0.1) is 11.3 Å². The van der Waals surface area contributed by atoms with Gasteiger partial charge in [-0.2, -0.15) is 0 Å². The van der Waals surface area contributed by atoms with Crippen molar-refractivity contribution in [3.05, 3.63) is 11.1 Å². The van der Waals surface area contributed by atoms with E-state index in [0.717, 1.165) is 19.3 Å². The smallest absolute Gasteiger partial charge is 0.228 e. The number of aliphatic hydroxyl groups is 1. The fourth-order valence-corrected chi connectivity index (χ4v) is 3.14. The average Bonchev–Trinajstić information content (AvgIpc) is 3.05. The molecule has 0 radical (unpaired) electrons. The van der Waals surface area contributed by atoms with Crippen LogP contribution < -0.4 is 10.6 Å². The number of hydrogen-bond acceptors (Lipinski definition) is 5. The number of nitrogens with one attached hydrogen (secondary N) is 2. The quantitative estimate of drug-likeness (QED) is 0.740. The molecule has 3 N–H and O–H groups in total. The number of nitrogens with zero attached hydrogens (tertiary/aromatic N) is 1. The molecule has 122 valence electrons. The molecule has 1 aromatic heterocycles. The third kappa shape index (κ3) is 4.78. The van der Waals surface area contributed by atoms with Gasteiger partial charge in [-0.3, -0.25) is 9.59 Å². The van der Waals surface area contributed by atoms with Crippen LogP contribution in [0.2, 0.25) is 0 Å². The summed E-state index contributed by atoms with van der Waals surface area (Å²) in [6.07, 6.45) is 2.70. The maximum absolute atomic E-state index is 11.9. The van der Waals surface area contributed by atoms with Crippen LogP contribution in [-0.2, 0) is 16.0 Å². The van der Waals surface area contributed by atoms with E-state index in [1.165, 1.54) is 11.3 Å². The maximum Gasteiger partial charge on any atom is 0.228 e. The molecule has 2 atom stereocenters. The van der Waals surface area contributed by atoms with Crippen molar-refractivity contribution < 1.29 is 14.7 Å². The molecule has 1 heterocycles. The van der Waals surface area contributed by atoms with E-state index in [1.54, 1.807) is 5.38 Å². The molecule has 1 aromatic rings. The summed E-state index contributed by atoms with van der Waals surface area (Å²) in [5.41, 5.74) is 0.647. The van der Waals surface area contributed by atoms with Crippen molar-refractivity contribution in [1.82, 2.24) is 10.3 Å². The van der Waals surface area contributed by atoms with Crippen LogP contribution >= 0.6 is 11.3 Å². The first-order valence-corrected chi connectivity index (χ1v) is 8.53. The Kier molecular flexibility index (Phi) is 5.90. The van der Waals surface area contributed by atoms with Gasteiger partial charge in [0.15, 0.2) is 5.13 Å². The highest BCUT2D eigenvalue weighted by Gasteiger charge is 2.25. The predicted molar refractivity (Wildman–Crippen MR) is 85.6 cm³/mol. The molecule has 1 aliphatic rings. The van der Waals surface area contributed by atoms with E-state index < -0.39 is 0 Å². The summed E-state index contributed by atoms with van der Waals surface area (Å²) in [5.74, 6) is -0.125. The van der Waals surface area contributed by atoms with E-state index in [1.807, 2.05) is 13.8 Å². The topological polar surface area (TPSA) is 91.3 Å². The molecule has 2 rings (SSSR count). The Bertz CT molecular complexity index is 530. The lowest BCUT2D eigenvalue weighted by Crippen LogP contribution is -2.33. The molecule has 1 fully saturated rings. The monoisotopic (exact) mass is 325 g/mol. The highest BCUT2D eigenvalue weighted by atomic mass is 32.1. The molecule has 6 nitrogen and oxygen atoms in total. The van der Waals surface area contributed by atoms with E-state index in [9.17, 15) is 14.7 Å². The predicted octanol–water partition coefficient (Wildman–Crippen LogP) is 1.56. The van der Waals surface area contributed by atoms with Crippen LogP contribution in [0.1, 0.15) is 38.8 Å². The standard InChI is InChI=1S/C15H23N3O3S/c1-9(2)14(21)18-15-17-11(8-22-15)6-13(20)16-7-10-4-3-5-12(10)19/h8-10,12,19H,3-7H2,1-2H3,(H,16,20)(H,17,18,21)/t10-,12+/m1/s1. The van der Waals surface area contributed by atoms with Crippen LogP contribution in [0.5, 0.6) is 0 Å². The molecule has 7 heteroatoms. The van der Waals surface area contributed by atoms with Gasteiger partial charge in [0, 0.05) is 23.8 Å². The van der Waals surface area contributed by atoms with Crippen molar-refractivity contribution in [2.45, 2.75) is 45.6 Å². The van der Waals surface area contributed by atoms with Crippen molar-refractivity contribution in [1.29, 1.82) is 0 Å². The molecule has 0 aromatic carbocycles. The number of aromatic nitrogens is 1. The molecular formula is C15H23N3O3S. The van der Waals surface area contributed by atoms with Crippen LogP contribution in [0.4, 0.5) is 5.13 Å². The van der Waals surface area contributed by atoms with Gasteiger partial charge >= 0.3 is 0 Å². The third-order valence-electron chi connectivity index (χ3n) is 3.83. The third-order valence-corrected chi connectivity index (χ3v) is 4.63. The Morgan fingerprint density at radius 1 is 1.45 bits per heavy atom. The second kappa shape index (κ2) is 7.69. The number of carbonyl (C=O) groups is 2. The Hall–Kier alpha value is -1.47. The van der Waals surface area contributed by atoms with E-state index >= 15 is 0 Å². The number of thiazole rings is 1. The van der Waals surface area contributed by atoms with E-state index in [0.29, 0.717) is 17.4 Å². The number of amides is 2. The van der Waals surface area contributed by atoms with E-state index in [-0.39, 0.29) is 36.2 Å². The average molecular weight is 325 g/mol. The van der Waals surface area contributed by atoms with Gasteiger partial charge in [0.05, 0.1) is 18.2 Å². The van der Waals surface area contributed by atoms with Crippen LogP contribution in [0, 0.1) is 11.8 Å². The fourth-order valence-electron chi connectivity index (χ4n) is 2.42. The van der Waals surface area contributed by atoms with Gasteiger partial charge < -0.3 is 15.7 Å². The first-order chi connectivity index (χ1) is 10.5. The molecule has 0 spiro atoms. The van der Waals surface area contributed by atoms with Crippen molar-refractivity contribution >= 4 is 28.3 Å². The Morgan fingerprint density at radius 3 is 2.86 bits per heavy atom. The molecule has 0 saturated heterocycles. The largest absolute Gasteiger partial charge is 0.393 e. The van der Waals surface area contributed by atoms with Crippen LogP contribution in [0.25, 0.3) is 0 Å². The number of anilines is 1. The minimum absolute atomic E-state index is 0.0828. The first kappa shape index (κ1) is 16.9. The minimum Gasteiger partial charge on any atom is -0.393 e. The van der Waals surface area contributed by atoms with Gasteiger partial charge in [0.25, 0.3) is 0 Å². The summed E-state index contributed by atoms with van der Waals surface area (Å²) in [4.78, 5) is 27.7. The summed E-state index contributed by atoms with van der Waals surface area (Å²) in [5, 5.41) is 17.6. The molecule has 0 bridgehead atoms. The lowest BCUT2D eigenvalue weighted by Gasteiger charge is -2.14. The van der Waals surface area contributed by atoms with Crippen molar-refractivity contribution in [3.8, 4) is 0 Å². The highest BCUT2D eigenvalue weighted by molar-refractivity contribution is 7.13. The second-order valence-corrected chi connectivity index (χ2v) is 6.89. The molecule has 2 amide bonds. The van der Waals surface area contributed by atoms with Gasteiger partial charge in [-0.1, -0.05) is 20.3 Å². The van der Waals surface area contributed by atoms with Crippen LogP contribution in [0.3, 0.4) is 0 Å². The number of rotatable bonds is 6. The number of aliphatic hydroxyl groups excluding tert-OH is 1. The first-order valence-electron chi connectivity index (χ1n) is 7.65. The normalized spacial score (nSPS) is 21.1. The van der Waals surface area contributed by atoms with Crippen LogP contribution in [-0.4, -0.2) is 34.6 Å². The van der Waals surface area contributed by atoms with Crippen molar-refractivity contribution in [2.75, 3.05) is 11.9 Å². The second-order valence-electron chi connectivity index (χ2n) is 6.03. The lowest BCUT2D eigenvalue weighted by atomic mass is 10.1. The lowest BCUT2D eigenvalue weighted by molar-refractivity contribution is -0.121. The molecular weight excluding hydrogens is 302 g/mol. The summed E-state index contributed by atoms with van der Waals surface area (Å²) >= 11 is 1.32. The van der Waals surface area contributed by atoms with Crippen molar-refractivity contribution in [3.63, 3.8) is 0 Å². The minimum atomic E-state index is -0.294. The molecule has 1 saturated carbocycles. The van der Waals surface area contributed by atoms with E-state index in [2.05, 4.69) is 15.6 Å². The molecule has 0 unspecified atom stereocenters. The van der Waals surface area contributed by atoms with E-state index in [4.69, 9.17) is 0 Å². The van der Waals surface area contributed by atoms with Gasteiger partial charge in [0.2, 0.25) is 11.8 Å². The van der Waals surface area contributed by atoms with Gasteiger partial charge in [-0.05, 0) is 12.8 Å². The number of carbonyl (C=O) groups excluding carboxylic acids is 2. The number of hydrogen-bond donors (Lipinski definition) is 3. The SMILES string of the molecule is CC(C)C(=O)Nc1nc(CC(=O)NC[C@H]2CCC[C@@H]2O)cs1. The highest BCUT2D eigenvalue weighted by Crippen LogP contribution is 2.24. The summed E-state index contributed by atoms with van der Waals surface area (Å²) < 4.78 is 0. The van der Waals surface area contributed by atoms with Crippen molar-refractivity contribution in [2.24, 2.45) is 11.8 Å². The Morgan fingerprint density at radius 2 is 2.23 bits per heavy atom. The zero-order valence-corrected chi connectivity index (χ0v) is 13.8. The summed E-state index contributed by atoms with van der Waals surface area (Å²) in [7, 11) is 0. The molecule has 0 aliphatic heterocycles. The van der Waals surface area contributed by atoms with Gasteiger partial charge in [0.1, 0.15) is 0 Å². The van der Waals surface area contributed by atoms with Crippen LogP contribution in [0.15, 0.2) is 5.38 Å². The fraction of sp³-hybridized carbons (Fsp3) is 0.667. The zero-order valence-electron chi connectivity index (χ0n) is 13.0. The Balaban J connectivity index is 1.77. The molecule has 22 heavy (non-hydrogen) atoms. The zero-order chi connectivity index (χ0) is 16.1. The Labute approximate surface area is 134 Å². The van der Waals surface area contributed by atoms with Gasteiger partial charge in [-0.25, -0.2) is 4.98 Å². The molecule has 1 aliphatic carbocycles. The maximum atomic E-state index is 11.9. The summed E-state index contributed by atoms with van der Waals surface area (Å²) in [6.45, 7) is 4.14.